The molecule has 0 saturated heterocycles. The van der Waals surface area contributed by atoms with Crippen molar-refractivity contribution in [3.63, 3.8) is 0 Å². The van der Waals surface area contributed by atoms with Crippen molar-refractivity contribution in [2.24, 2.45) is 11.7 Å². The van der Waals surface area contributed by atoms with Crippen LogP contribution in [0.5, 0.6) is 5.75 Å². The lowest BCUT2D eigenvalue weighted by atomic mass is 9.74. The SMILES string of the molecule is COc1ccc(CNC(=O)C2CCCCC2(C)N)cc1Br. The molecule has 0 bridgehead atoms. The Morgan fingerprint density at radius 2 is 2.29 bits per heavy atom. The molecule has 5 heteroatoms. The summed E-state index contributed by atoms with van der Waals surface area (Å²) >= 11 is 3.45. The molecular formula is C16H23BrN2O2. The number of nitrogens with two attached hydrogens (primary N) is 1. The Kier molecular flexibility index (Phi) is 5.27. The van der Waals surface area contributed by atoms with Gasteiger partial charge in [-0.2, -0.15) is 0 Å². The fourth-order valence-corrected chi connectivity index (χ4v) is 3.51. The van der Waals surface area contributed by atoms with E-state index in [1.807, 2.05) is 25.1 Å². The van der Waals surface area contributed by atoms with E-state index in [1.54, 1.807) is 7.11 Å². The maximum atomic E-state index is 12.4. The van der Waals surface area contributed by atoms with E-state index in [-0.39, 0.29) is 17.4 Å². The molecule has 1 aliphatic carbocycles. The van der Waals surface area contributed by atoms with Crippen LogP contribution in [-0.2, 0) is 11.3 Å². The predicted octanol–water partition coefficient (Wildman–Crippen LogP) is 2.98. The molecule has 1 fully saturated rings. The smallest absolute Gasteiger partial charge is 0.225 e. The summed E-state index contributed by atoms with van der Waals surface area (Å²) in [5.74, 6) is 0.756. The molecule has 0 radical (unpaired) electrons. The number of ether oxygens (including phenoxy) is 1. The summed E-state index contributed by atoms with van der Waals surface area (Å²) in [6.07, 6.45) is 3.99. The van der Waals surface area contributed by atoms with Crippen molar-refractivity contribution in [1.82, 2.24) is 5.32 Å². The Balaban J connectivity index is 1.96. The fourth-order valence-electron chi connectivity index (χ4n) is 2.92. The molecule has 1 saturated carbocycles. The van der Waals surface area contributed by atoms with Crippen molar-refractivity contribution < 1.29 is 9.53 Å². The zero-order valence-electron chi connectivity index (χ0n) is 12.6. The van der Waals surface area contributed by atoms with E-state index in [1.165, 1.54) is 0 Å². The minimum absolute atomic E-state index is 0.0617. The van der Waals surface area contributed by atoms with Crippen LogP contribution in [0.4, 0.5) is 0 Å². The monoisotopic (exact) mass is 354 g/mol. The third-order valence-electron chi connectivity index (χ3n) is 4.25. The maximum absolute atomic E-state index is 12.4. The number of hydrogen-bond donors (Lipinski definition) is 2. The molecule has 116 valence electrons. The molecule has 0 aromatic heterocycles. The summed E-state index contributed by atoms with van der Waals surface area (Å²) in [4.78, 5) is 12.4. The molecule has 1 aromatic rings. The van der Waals surface area contributed by atoms with Gasteiger partial charge in [0.15, 0.2) is 0 Å². The number of carbonyl (C=O) groups is 1. The van der Waals surface area contributed by atoms with Gasteiger partial charge in [0.2, 0.25) is 5.91 Å². The third kappa shape index (κ3) is 3.98. The van der Waals surface area contributed by atoms with Crippen LogP contribution in [0.2, 0.25) is 0 Å². The second-order valence-electron chi connectivity index (χ2n) is 5.99. The summed E-state index contributed by atoms with van der Waals surface area (Å²) in [7, 11) is 1.63. The van der Waals surface area contributed by atoms with E-state index in [0.717, 1.165) is 41.5 Å². The topological polar surface area (TPSA) is 64.3 Å². The predicted molar refractivity (Wildman–Crippen MR) is 87.1 cm³/mol. The molecule has 2 unspecified atom stereocenters. The molecule has 2 rings (SSSR count). The zero-order valence-corrected chi connectivity index (χ0v) is 14.2. The van der Waals surface area contributed by atoms with E-state index < -0.39 is 0 Å². The molecule has 1 aliphatic rings. The number of hydrogen-bond acceptors (Lipinski definition) is 3. The third-order valence-corrected chi connectivity index (χ3v) is 4.87. The molecule has 21 heavy (non-hydrogen) atoms. The number of carbonyl (C=O) groups excluding carboxylic acids is 1. The van der Waals surface area contributed by atoms with E-state index in [4.69, 9.17) is 10.5 Å². The van der Waals surface area contributed by atoms with Gasteiger partial charge in [-0.1, -0.05) is 18.9 Å². The highest BCUT2D eigenvalue weighted by Gasteiger charge is 2.37. The summed E-state index contributed by atoms with van der Waals surface area (Å²) in [6, 6.07) is 5.80. The molecular weight excluding hydrogens is 332 g/mol. The molecule has 1 aromatic carbocycles. The Labute approximate surface area is 134 Å². The number of rotatable bonds is 4. The minimum Gasteiger partial charge on any atom is -0.496 e. The van der Waals surface area contributed by atoms with Crippen LogP contribution in [-0.4, -0.2) is 18.6 Å². The van der Waals surface area contributed by atoms with Crippen LogP contribution in [0.3, 0.4) is 0 Å². The Hall–Kier alpha value is -1.07. The van der Waals surface area contributed by atoms with Crippen LogP contribution in [0.25, 0.3) is 0 Å². The summed E-state index contributed by atoms with van der Waals surface area (Å²) in [6.45, 7) is 2.49. The molecule has 0 heterocycles. The van der Waals surface area contributed by atoms with Gasteiger partial charge < -0.3 is 15.8 Å². The molecule has 2 atom stereocenters. The van der Waals surface area contributed by atoms with E-state index in [9.17, 15) is 4.79 Å². The number of nitrogens with one attached hydrogen (secondary N) is 1. The second-order valence-corrected chi connectivity index (χ2v) is 6.85. The van der Waals surface area contributed by atoms with Crippen molar-refractivity contribution in [3.05, 3.63) is 28.2 Å². The van der Waals surface area contributed by atoms with Gasteiger partial charge in [-0.05, 0) is 53.4 Å². The molecule has 0 aliphatic heterocycles. The van der Waals surface area contributed by atoms with Crippen molar-refractivity contribution in [1.29, 1.82) is 0 Å². The van der Waals surface area contributed by atoms with Crippen LogP contribution >= 0.6 is 15.9 Å². The highest BCUT2D eigenvalue weighted by Crippen LogP contribution is 2.32. The van der Waals surface area contributed by atoms with Crippen LogP contribution in [0.15, 0.2) is 22.7 Å². The second kappa shape index (κ2) is 6.79. The first-order valence-electron chi connectivity index (χ1n) is 7.33. The quantitative estimate of drug-likeness (QED) is 0.873. The van der Waals surface area contributed by atoms with E-state index >= 15 is 0 Å². The van der Waals surface area contributed by atoms with E-state index in [2.05, 4.69) is 21.2 Å². The van der Waals surface area contributed by atoms with E-state index in [0.29, 0.717) is 6.54 Å². The Morgan fingerprint density at radius 1 is 1.52 bits per heavy atom. The fraction of sp³-hybridized carbons (Fsp3) is 0.562. The number of halogens is 1. The summed E-state index contributed by atoms with van der Waals surface area (Å²) in [5, 5.41) is 3.01. The van der Waals surface area contributed by atoms with Gasteiger partial charge in [-0.25, -0.2) is 0 Å². The Bertz CT molecular complexity index is 517. The van der Waals surface area contributed by atoms with Crippen molar-refractivity contribution in [2.45, 2.75) is 44.7 Å². The normalized spacial score (nSPS) is 25.4. The molecule has 1 amide bonds. The lowest BCUT2D eigenvalue weighted by Gasteiger charge is -2.37. The van der Waals surface area contributed by atoms with Gasteiger partial charge in [-0.15, -0.1) is 0 Å². The van der Waals surface area contributed by atoms with Crippen molar-refractivity contribution in [3.8, 4) is 5.75 Å². The van der Waals surface area contributed by atoms with Gasteiger partial charge in [-0.3, -0.25) is 4.79 Å². The van der Waals surface area contributed by atoms with Crippen molar-refractivity contribution >= 4 is 21.8 Å². The minimum atomic E-state index is -0.386. The first kappa shape index (κ1) is 16.3. The highest BCUT2D eigenvalue weighted by atomic mass is 79.9. The zero-order chi connectivity index (χ0) is 15.5. The van der Waals surface area contributed by atoms with Gasteiger partial charge in [0.25, 0.3) is 0 Å². The lowest BCUT2D eigenvalue weighted by Crippen LogP contribution is -2.52. The number of benzene rings is 1. The number of amides is 1. The average Bonchev–Trinajstić information content (AvgIpc) is 2.44. The maximum Gasteiger partial charge on any atom is 0.225 e. The van der Waals surface area contributed by atoms with Gasteiger partial charge in [0.05, 0.1) is 17.5 Å². The first-order valence-corrected chi connectivity index (χ1v) is 8.12. The van der Waals surface area contributed by atoms with Crippen LogP contribution in [0.1, 0.15) is 38.2 Å². The lowest BCUT2D eigenvalue weighted by molar-refractivity contribution is -0.128. The largest absolute Gasteiger partial charge is 0.496 e. The average molecular weight is 355 g/mol. The molecule has 4 nitrogen and oxygen atoms in total. The van der Waals surface area contributed by atoms with Gasteiger partial charge in [0, 0.05) is 12.1 Å². The van der Waals surface area contributed by atoms with Gasteiger partial charge >= 0.3 is 0 Å². The summed E-state index contributed by atoms with van der Waals surface area (Å²) < 4.78 is 6.08. The highest BCUT2D eigenvalue weighted by molar-refractivity contribution is 9.10. The van der Waals surface area contributed by atoms with Crippen LogP contribution in [0, 0.1) is 5.92 Å². The van der Waals surface area contributed by atoms with Gasteiger partial charge in [0.1, 0.15) is 5.75 Å². The summed E-state index contributed by atoms with van der Waals surface area (Å²) in [5.41, 5.74) is 6.92. The number of methoxy groups -OCH3 is 1. The van der Waals surface area contributed by atoms with Crippen LogP contribution < -0.4 is 15.8 Å². The molecule has 3 N–H and O–H groups in total. The van der Waals surface area contributed by atoms with Crippen molar-refractivity contribution in [2.75, 3.05) is 7.11 Å². The standard InChI is InChI=1S/C16H23BrN2O2/c1-16(18)8-4-3-5-12(16)15(20)19-10-11-6-7-14(21-2)13(17)9-11/h6-7,9,12H,3-5,8,10,18H2,1-2H3,(H,19,20). The Morgan fingerprint density at radius 3 is 2.90 bits per heavy atom. The first-order chi connectivity index (χ1) is 9.94. The molecule has 0 spiro atoms.